The molecule has 0 fully saturated rings. The summed E-state index contributed by atoms with van der Waals surface area (Å²) < 4.78 is 0. The van der Waals surface area contributed by atoms with E-state index in [2.05, 4.69) is 17.2 Å². The zero-order chi connectivity index (χ0) is 14.4. The van der Waals surface area contributed by atoms with E-state index < -0.39 is 11.7 Å². The highest BCUT2D eigenvalue weighted by atomic mass is 16.4. The molecule has 0 saturated carbocycles. The molecular weight excluding hydrogens is 250 g/mol. The first-order chi connectivity index (χ1) is 8.91. The molecule has 0 aromatic heterocycles. The van der Waals surface area contributed by atoms with Gasteiger partial charge in [0, 0.05) is 26.0 Å². The van der Waals surface area contributed by atoms with Crippen LogP contribution in [0.15, 0.2) is 12.1 Å². The molecule has 0 bridgehead atoms. The lowest BCUT2D eigenvalue weighted by Crippen LogP contribution is -2.20. The lowest BCUT2D eigenvalue weighted by atomic mass is 10.1. The van der Waals surface area contributed by atoms with E-state index >= 15 is 0 Å². The van der Waals surface area contributed by atoms with Crippen molar-refractivity contribution in [2.75, 3.05) is 6.54 Å². The number of amides is 1. The Labute approximate surface area is 109 Å². The monoisotopic (exact) mass is 263 g/mol. The third-order valence-electron chi connectivity index (χ3n) is 2.19. The van der Waals surface area contributed by atoms with Crippen molar-refractivity contribution in [3.05, 3.63) is 23.3 Å². The summed E-state index contributed by atoms with van der Waals surface area (Å²) in [6.07, 6.45) is 0.363. The molecule has 19 heavy (non-hydrogen) atoms. The Kier molecular flexibility index (Phi) is 4.77. The van der Waals surface area contributed by atoms with Gasteiger partial charge in [0.1, 0.15) is 17.1 Å². The van der Waals surface area contributed by atoms with E-state index in [9.17, 15) is 19.8 Å². The van der Waals surface area contributed by atoms with Gasteiger partial charge in [0.15, 0.2) is 0 Å². The standard InChI is InChI=1S/C13H13NO5/c1-8(15)14-5-3-2-4-9-6-10(13(18)19)12(17)7-11(9)16/h6-7,16-17H,3,5H2,1H3,(H,14,15)(H,18,19). The van der Waals surface area contributed by atoms with Crippen molar-refractivity contribution < 1.29 is 24.9 Å². The Morgan fingerprint density at radius 1 is 1.26 bits per heavy atom. The van der Waals surface area contributed by atoms with Gasteiger partial charge in [-0.15, -0.1) is 0 Å². The van der Waals surface area contributed by atoms with E-state index in [0.717, 1.165) is 12.1 Å². The van der Waals surface area contributed by atoms with Crippen molar-refractivity contribution in [3.8, 4) is 23.3 Å². The normalized spacial score (nSPS) is 9.32. The molecule has 1 amide bonds. The number of rotatable bonds is 3. The summed E-state index contributed by atoms with van der Waals surface area (Å²) >= 11 is 0. The Morgan fingerprint density at radius 3 is 2.53 bits per heavy atom. The van der Waals surface area contributed by atoms with Gasteiger partial charge in [0.25, 0.3) is 0 Å². The molecule has 0 radical (unpaired) electrons. The van der Waals surface area contributed by atoms with Crippen LogP contribution in [-0.2, 0) is 4.79 Å². The van der Waals surface area contributed by atoms with Crippen molar-refractivity contribution >= 4 is 11.9 Å². The van der Waals surface area contributed by atoms with E-state index in [4.69, 9.17) is 5.11 Å². The average Bonchev–Trinajstić information content (AvgIpc) is 2.30. The minimum atomic E-state index is -1.31. The largest absolute Gasteiger partial charge is 0.507 e. The van der Waals surface area contributed by atoms with Crippen LogP contribution >= 0.6 is 0 Å². The molecule has 1 rings (SSSR count). The predicted molar refractivity (Wildman–Crippen MR) is 66.9 cm³/mol. The van der Waals surface area contributed by atoms with E-state index in [1.165, 1.54) is 6.92 Å². The van der Waals surface area contributed by atoms with Crippen molar-refractivity contribution in [2.24, 2.45) is 0 Å². The van der Waals surface area contributed by atoms with Gasteiger partial charge in [0.05, 0.1) is 5.56 Å². The second kappa shape index (κ2) is 6.31. The summed E-state index contributed by atoms with van der Waals surface area (Å²) in [6.45, 7) is 1.76. The first-order valence-corrected chi connectivity index (χ1v) is 5.44. The van der Waals surface area contributed by atoms with Gasteiger partial charge in [0.2, 0.25) is 5.91 Å². The summed E-state index contributed by atoms with van der Waals surface area (Å²) in [7, 11) is 0. The number of phenolic OH excluding ortho intramolecular Hbond substituents is 1. The van der Waals surface area contributed by atoms with Crippen LogP contribution < -0.4 is 5.32 Å². The molecular formula is C13H13NO5. The second-order valence-electron chi connectivity index (χ2n) is 3.73. The highest BCUT2D eigenvalue weighted by Gasteiger charge is 2.12. The smallest absolute Gasteiger partial charge is 0.339 e. The van der Waals surface area contributed by atoms with Crippen LogP contribution in [-0.4, -0.2) is 33.7 Å². The number of carbonyl (C=O) groups is 2. The van der Waals surface area contributed by atoms with Gasteiger partial charge < -0.3 is 20.6 Å². The van der Waals surface area contributed by atoms with Gasteiger partial charge in [-0.2, -0.15) is 0 Å². The van der Waals surface area contributed by atoms with Crippen LogP contribution in [0.3, 0.4) is 0 Å². The molecule has 0 aliphatic carbocycles. The number of carbonyl (C=O) groups excluding carboxylic acids is 1. The lowest BCUT2D eigenvalue weighted by molar-refractivity contribution is -0.118. The molecule has 0 heterocycles. The molecule has 0 unspecified atom stereocenters. The van der Waals surface area contributed by atoms with Crippen LogP contribution in [0.1, 0.15) is 29.3 Å². The number of benzene rings is 1. The highest BCUT2D eigenvalue weighted by Crippen LogP contribution is 2.26. The Morgan fingerprint density at radius 2 is 1.95 bits per heavy atom. The zero-order valence-electron chi connectivity index (χ0n) is 10.2. The summed E-state index contributed by atoms with van der Waals surface area (Å²) in [5.41, 5.74) is -0.220. The molecule has 0 aliphatic heterocycles. The lowest BCUT2D eigenvalue weighted by Gasteiger charge is -2.02. The topological polar surface area (TPSA) is 107 Å². The average molecular weight is 263 g/mol. The number of hydrogen-bond acceptors (Lipinski definition) is 4. The minimum Gasteiger partial charge on any atom is -0.507 e. The summed E-state index contributed by atoms with van der Waals surface area (Å²) in [4.78, 5) is 21.4. The van der Waals surface area contributed by atoms with Crippen LogP contribution in [0.25, 0.3) is 0 Å². The molecule has 0 saturated heterocycles. The maximum atomic E-state index is 10.8. The maximum Gasteiger partial charge on any atom is 0.339 e. The molecule has 4 N–H and O–H groups in total. The third-order valence-corrected chi connectivity index (χ3v) is 2.19. The van der Waals surface area contributed by atoms with Crippen molar-refractivity contribution in [3.63, 3.8) is 0 Å². The fourth-order valence-corrected chi connectivity index (χ4v) is 1.31. The maximum absolute atomic E-state index is 10.8. The van der Waals surface area contributed by atoms with Crippen molar-refractivity contribution in [1.82, 2.24) is 5.32 Å². The van der Waals surface area contributed by atoms with Crippen LogP contribution in [0.2, 0.25) is 0 Å². The van der Waals surface area contributed by atoms with Crippen LogP contribution in [0, 0.1) is 11.8 Å². The van der Waals surface area contributed by atoms with Crippen LogP contribution in [0.4, 0.5) is 0 Å². The van der Waals surface area contributed by atoms with Crippen molar-refractivity contribution in [1.29, 1.82) is 0 Å². The number of aromatic hydroxyl groups is 2. The number of carboxylic acids is 1. The highest BCUT2D eigenvalue weighted by molar-refractivity contribution is 5.91. The second-order valence-corrected chi connectivity index (χ2v) is 3.73. The number of nitrogens with one attached hydrogen (secondary N) is 1. The molecule has 1 aromatic rings. The van der Waals surface area contributed by atoms with Gasteiger partial charge in [-0.05, 0) is 6.07 Å². The molecule has 6 nitrogen and oxygen atoms in total. The minimum absolute atomic E-state index is 0.109. The quantitative estimate of drug-likeness (QED) is 0.473. The van der Waals surface area contributed by atoms with E-state index in [1.54, 1.807) is 0 Å². The molecule has 6 heteroatoms. The molecule has 0 atom stereocenters. The van der Waals surface area contributed by atoms with Gasteiger partial charge >= 0.3 is 5.97 Å². The summed E-state index contributed by atoms with van der Waals surface area (Å²) in [5.74, 6) is 2.98. The number of carboxylic acid groups (broad SMARTS) is 1. The number of phenols is 2. The van der Waals surface area contributed by atoms with Gasteiger partial charge in [-0.25, -0.2) is 4.79 Å². The predicted octanol–water partition coefficient (Wildman–Crippen LogP) is 0.674. The van der Waals surface area contributed by atoms with Crippen molar-refractivity contribution in [2.45, 2.75) is 13.3 Å². The molecule has 0 aliphatic rings. The fraction of sp³-hybridized carbons (Fsp3) is 0.231. The summed E-state index contributed by atoms with van der Waals surface area (Å²) in [6, 6.07) is 2.03. The van der Waals surface area contributed by atoms with E-state index in [1.807, 2.05) is 0 Å². The van der Waals surface area contributed by atoms with Gasteiger partial charge in [-0.3, -0.25) is 4.79 Å². The molecule has 0 spiro atoms. The number of aromatic carboxylic acids is 1. The SMILES string of the molecule is CC(=O)NCCC#Cc1cc(C(=O)O)c(O)cc1O. The molecule has 1 aromatic carbocycles. The zero-order valence-corrected chi connectivity index (χ0v) is 10.2. The first kappa shape index (κ1) is 14.4. The fourth-order valence-electron chi connectivity index (χ4n) is 1.31. The number of hydrogen-bond donors (Lipinski definition) is 4. The van der Waals surface area contributed by atoms with Crippen LogP contribution in [0.5, 0.6) is 11.5 Å². The molecule has 100 valence electrons. The Balaban J connectivity index is 2.84. The van der Waals surface area contributed by atoms with E-state index in [0.29, 0.717) is 13.0 Å². The Bertz CT molecular complexity index is 568. The van der Waals surface area contributed by atoms with Gasteiger partial charge in [-0.1, -0.05) is 11.8 Å². The summed E-state index contributed by atoms with van der Waals surface area (Å²) in [5, 5.41) is 30.2. The first-order valence-electron chi connectivity index (χ1n) is 5.44. The third kappa shape index (κ3) is 4.24. The van der Waals surface area contributed by atoms with E-state index in [-0.39, 0.29) is 22.8 Å². The Hall–Kier alpha value is -2.68.